The zero-order chi connectivity index (χ0) is 15.3. The summed E-state index contributed by atoms with van der Waals surface area (Å²) >= 11 is 0. The maximum Gasteiger partial charge on any atom is 0.339 e. The fraction of sp³-hybridized carbons (Fsp3) is 0.500. The largest absolute Gasteiger partial charge is 0.462 e. The first kappa shape index (κ1) is 16.2. The quantitative estimate of drug-likeness (QED) is 0.792. The van der Waals surface area contributed by atoms with E-state index in [1.165, 1.54) is 0 Å². The van der Waals surface area contributed by atoms with E-state index in [1.807, 2.05) is 20.8 Å². The molecular formula is C16H22O4. The Bertz CT molecular complexity index is 498. The lowest BCUT2D eigenvalue weighted by atomic mass is 9.98. The summed E-state index contributed by atoms with van der Waals surface area (Å²) in [5.41, 5.74) is 1.12. The van der Waals surface area contributed by atoms with Gasteiger partial charge in [0.05, 0.1) is 24.3 Å². The van der Waals surface area contributed by atoms with E-state index < -0.39 is 11.9 Å². The summed E-state index contributed by atoms with van der Waals surface area (Å²) in [4.78, 5) is 24.1. The molecule has 0 aliphatic heterocycles. The summed E-state index contributed by atoms with van der Waals surface area (Å²) < 4.78 is 10.3. The van der Waals surface area contributed by atoms with Gasteiger partial charge in [0.25, 0.3) is 0 Å². The molecule has 20 heavy (non-hydrogen) atoms. The third-order valence-electron chi connectivity index (χ3n) is 2.61. The molecule has 0 spiro atoms. The van der Waals surface area contributed by atoms with Crippen LogP contribution in [-0.4, -0.2) is 25.2 Å². The summed E-state index contributed by atoms with van der Waals surface area (Å²) in [5.74, 6) is -0.986. The highest BCUT2D eigenvalue weighted by Crippen LogP contribution is 2.19. The predicted molar refractivity (Wildman–Crippen MR) is 76.9 cm³/mol. The van der Waals surface area contributed by atoms with Crippen molar-refractivity contribution in [3.8, 4) is 0 Å². The minimum absolute atomic E-state index is 0.123. The molecule has 4 nitrogen and oxygen atoms in total. The fourth-order valence-corrected chi connectivity index (χ4v) is 1.67. The molecule has 0 aromatic heterocycles. The van der Waals surface area contributed by atoms with Crippen LogP contribution >= 0.6 is 0 Å². The first-order valence-corrected chi connectivity index (χ1v) is 6.70. The van der Waals surface area contributed by atoms with E-state index in [1.54, 1.807) is 32.0 Å². The number of carbonyl (C=O) groups excluding carboxylic acids is 2. The summed E-state index contributed by atoms with van der Waals surface area (Å²) in [7, 11) is 0. The van der Waals surface area contributed by atoms with Crippen LogP contribution in [0.5, 0.6) is 0 Å². The molecule has 0 aliphatic carbocycles. The molecule has 1 rings (SSSR count). The van der Waals surface area contributed by atoms with Crippen molar-refractivity contribution >= 4 is 11.9 Å². The van der Waals surface area contributed by atoms with Crippen LogP contribution in [0.25, 0.3) is 0 Å². The van der Waals surface area contributed by atoms with E-state index in [0.29, 0.717) is 12.2 Å². The van der Waals surface area contributed by atoms with Gasteiger partial charge in [-0.1, -0.05) is 32.9 Å². The Morgan fingerprint density at radius 2 is 1.75 bits per heavy atom. The van der Waals surface area contributed by atoms with Crippen LogP contribution in [0.3, 0.4) is 0 Å². The molecule has 0 aliphatic rings. The maximum absolute atomic E-state index is 12.2. The molecule has 0 radical (unpaired) electrons. The van der Waals surface area contributed by atoms with E-state index in [0.717, 1.165) is 0 Å². The van der Waals surface area contributed by atoms with Gasteiger partial charge in [-0.05, 0) is 30.9 Å². The molecule has 0 heterocycles. The van der Waals surface area contributed by atoms with E-state index in [2.05, 4.69) is 0 Å². The lowest BCUT2D eigenvalue weighted by Gasteiger charge is -2.19. The lowest BCUT2D eigenvalue weighted by molar-refractivity contribution is 0.0354. The van der Waals surface area contributed by atoms with Crippen LogP contribution in [0.15, 0.2) is 18.2 Å². The molecule has 4 heteroatoms. The molecule has 0 saturated carbocycles. The summed E-state index contributed by atoms with van der Waals surface area (Å²) in [6, 6.07) is 5.08. The topological polar surface area (TPSA) is 52.6 Å². The number of aryl methyl sites for hydroxylation is 1. The molecule has 0 unspecified atom stereocenters. The third kappa shape index (κ3) is 4.37. The van der Waals surface area contributed by atoms with Crippen molar-refractivity contribution in [3.05, 3.63) is 34.9 Å². The molecule has 1 aromatic rings. The Morgan fingerprint density at radius 3 is 2.30 bits per heavy atom. The smallest absolute Gasteiger partial charge is 0.339 e. The van der Waals surface area contributed by atoms with Crippen LogP contribution in [0, 0.1) is 12.3 Å². The lowest BCUT2D eigenvalue weighted by Crippen LogP contribution is -2.21. The number of esters is 2. The maximum atomic E-state index is 12.2. The molecule has 0 N–H and O–H groups in total. The van der Waals surface area contributed by atoms with Gasteiger partial charge in [0.1, 0.15) is 0 Å². The van der Waals surface area contributed by atoms with E-state index >= 15 is 0 Å². The van der Waals surface area contributed by atoms with Gasteiger partial charge in [-0.15, -0.1) is 0 Å². The van der Waals surface area contributed by atoms with Crippen molar-refractivity contribution in [2.45, 2.75) is 34.6 Å². The monoisotopic (exact) mass is 278 g/mol. The molecule has 0 saturated heterocycles. The van der Waals surface area contributed by atoms with Gasteiger partial charge >= 0.3 is 11.9 Å². The highest BCUT2D eigenvalue weighted by Gasteiger charge is 2.23. The fourth-order valence-electron chi connectivity index (χ4n) is 1.67. The first-order valence-electron chi connectivity index (χ1n) is 6.70. The number of ether oxygens (including phenoxy) is 2. The van der Waals surface area contributed by atoms with Gasteiger partial charge in [-0.25, -0.2) is 9.59 Å². The first-order chi connectivity index (χ1) is 9.26. The van der Waals surface area contributed by atoms with Crippen molar-refractivity contribution in [3.63, 3.8) is 0 Å². The Balaban J connectivity index is 3.03. The van der Waals surface area contributed by atoms with Gasteiger partial charge in [0, 0.05) is 0 Å². The predicted octanol–water partition coefficient (Wildman–Crippen LogP) is 3.37. The number of carbonyl (C=O) groups is 2. The second kappa shape index (κ2) is 6.55. The number of hydrogen-bond acceptors (Lipinski definition) is 4. The van der Waals surface area contributed by atoms with Crippen molar-refractivity contribution in [2.24, 2.45) is 5.41 Å². The Kier molecular flexibility index (Phi) is 5.31. The minimum Gasteiger partial charge on any atom is -0.462 e. The average Bonchev–Trinajstić information content (AvgIpc) is 2.35. The Labute approximate surface area is 120 Å². The molecule has 0 fully saturated rings. The van der Waals surface area contributed by atoms with Gasteiger partial charge in [0.15, 0.2) is 0 Å². The second-order valence-corrected chi connectivity index (χ2v) is 5.85. The number of hydrogen-bond donors (Lipinski definition) is 0. The molecular weight excluding hydrogens is 256 g/mol. The molecule has 1 aromatic carbocycles. The van der Waals surface area contributed by atoms with Crippen LogP contribution in [0.4, 0.5) is 0 Å². The van der Waals surface area contributed by atoms with Crippen molar-refractivity contribution in [1.29, 1.82) is 0 Å². The highest BCUT2D eigenvalue weighted by molar-refractivity contribution is 6.04. The molecule has 0 bridgehead atoms. The zero-order valence-corrected chi connectivity index (χ0v) is 12.8. The SMILES string of the molecule is CCOC(=O)c1cccc(C)c1C(=O)OCC(C)(C)C. The van der Waals surface area contributed by atoms with Crippen LogP contribution < -0.4 is 0 Å². The number of benzene rings is 1. The standard InChI is InChI=1S/C16H22O4/c1-6-19-14(17)12-9-7-8-11(2)13(12)15(18)20-10-16(3,4)5/h7-9H,6,10H2,1-5H3. The van der Waals surface area contributed by atoms with Crippen LogP contribution in [-0.2, 0) is 9.47 Å². The molecule has 0 amide bonds. The zero-order valence-electron chi connectivity index (χ0n) is 12.8. The summed E-state index contributed by atoms with van der Waals surface area (Å²) in [5, 5.41) is 0. The van der Waals surface area contributed by atoms with Gasteiger partial charge in [-0.2, -0.15) is 0 Å². The summed E-state index contributed by atoms with van der Waals surface area (Å²) in [6.07, 6.45) is 0. The molecule has 110 valence electrons. The normalized spacial score (nSPS) is 11.1. The van der Waals surface area contributed by atoms with Crippen molar-refractivity contribution < 1.29 is 19.1 Å². The molecule has 0 atom stereocenters. The summed E-state index contributed by atoms with van der Waals surface area (Å²) in [6.45, 7) is 9.99. The Hall–Kier alpha value is -1.84. The van der Waals surface area contributed by atoms with Crippen molar-refractivity contribution in [2.75, 3.05) is 13.2 Å². The van der Waals surface area contributed by atoms with Gasteiger partial charge in [-0.3, -0.25) is 0 Å². The third-order valence-corrected chi connectivity index (χ3v) is 2.61. The Morgan fingerprint density at radius 1 is 1.10 bits per heavy atom. The van der Waals surface area contributed by atoms with Gasteiger partial charge in [0.2, 0.25) is 0 Å². The average molecular weight is 278 g/mol. The van der Waals surface area contributed by atoms with Crippen LogP contribution in [0.2, 0.25) is 0 Å². The van der Waals surface area contributed by atoms with E-state index in [-0.39, 0.29) is 23.1 Å². The number of rotatable bonds is 4. The minimum atomic E-state index is -0.501. The van der Waals surface area contributed by atoms with Crippen LogP contribution in [0.1, 0.15) is 54.0 Å². The van der Waals surface area contributed by atoms with E-state index in [9.17, 15) is 9.59 Å². The van der Waals surface area contributed by atoms with Crippen molar-refractivity contribution in [1.82, 2.24) is 0 Å². The second-order valence-electron chi connectivity index (χ2n) is 5.85. The highest BCUT2D eigenvalue weighted by atomic mass is 16.5. The van der Waals surface area contributed by atoms with Gasteiger partial charge < -0.3 is 9.47 Å². The van der Waals surface area contributed by atoms with E-state index in [4.69, 9.17) is 9.47 Å².